The van der Waals surface area contributed by atoms with Crippen LogP contribution in [0.2, 0.25) is 0 Å². The minimum atomic E-state index is 0.0149. The van der Waals surface area contributed by atoms with Crippen LogP contribution in [-0.4, -0.2) is 53.8 Å². The Bertz CT molecular complexity index is 997. The predicted octanol–water partition coefficient (Wildman–Crippen LogP) is 3.49. The van der Waals surface area contributed by atoms with E-state index in [2.05, 4.69) is 15.1 Å². The summed E-state index contributed by atoms with van der Waals surface area (Å²) >= 11 is 0. The molecular weight excluding hydrogens is 376 g/mol. The maximum absolute atomic E-state index is 12.6. The van der Waals surface area contributed by atoms with Gasteiger partial charge < -0.3 is 14.5 Å². The number of amides is 1. The molecule has 0 radical (unpaired) electrons. The zero-order valence-corrected chi connectivity index (χ0v) is 17.4. The average molecular weight is 402 g/mol. The molecule has 3 aromatic rings. The number of benzene rings is 2. The molecule has 0 N–H and O–H groups in total. The summed E-state index contributed by atoms with van der Waals surface area (Å²) in [6.07, 6.45) is 0. The molecule has 0 aliphatic carbocycles. The van der Waals surface area contributed by atoms with Crippen molar-refractivity contribution in [2.45, 2.75) is 13.8 Å². The van der Waals surface area contributed by atoms with Crippen LogP contribution in [0, 0.1) is 13.8 Å². The molecule has 2 heterocycles. The van der Waals surface area contributed by atoms with E-state index in [1.165, 1.54) is 0 Å². The summed E-state index contributed by atoms with van der Waals surface area (Å²) in [6.45, 7) is 6.88. The van der Waals surface area contributed by atoms with E-state index < -0.39 is 0 Å². The first-order valence-electron chi connectivity index (χ1n) is 10.2. The zero-order chi connectivity index (χ0) is 20.9. The summed E-state index contributed by atoms with van der Waals surface area (Å²) < 4.78 is 5.77. The van der Waals surface area contributed by atoms with Crippen LogP contribution in [-0.2, 0) is 4.79 Å². The molecule has 6 heteroatoms. The molecule has 1 aromatic heterocycles. The van der Waals surface area contributed by atoms with Gasteiger partial charge in [-0.3, -0.25) is 4.79 Å². The SMILES string of the molecule is Cc1cccc(OCC(=O)N2CCN(c3ccc(-c4ccccc4)nn3)CC2)c1C. The molecule has 0 atom stereocenters. The first kappa shape index (κ1) is 19.9. The lowest BCUT2D eigenvalue weighted by molar-refractivity contribution is -0.133. The van der Waals surface area contributed by atoms with E-state index in [4.69, 9.17) is 4.74 Å². The molecule has 4 rings (SSSR count). The summed E-state index contributed by atoms with van der Waals surface area (Å²) in [5.41, 5.74) is 4.15. The van der Waals surface area contributed by atoms with E-state index in [1.807, 2.05) is 79.4 Å². The quantitative estimate of drug-likeness (QED) is 0.654. The number of anilines is 1. The molecule has 0 bridgehead atoms. The molecule has 2 aromatic carbocycles. The number of nitrogens with zero attached hydrogens (tertiary/aromatic N) is 4. The molecular formula is C24H26N4O2. The number of piperazine rings is 1. The maximum atomic E-state index is 12.6. The third-order valence-corrected chi connectivity index (χ3v) is 5.58. The van der Waals surface area contributed by atoms with Crippen LogP contribution in [0.15, 0.2) is 60.7 Å². The lowest BCUT2D eigenvalue weighted by atomic mass is 10.1. The highest BCUT2D eigenvalue weighted by Gasteiger charge is 2.22. The summed E-state index contributed by atoms with van der Waals surface area (Å²) in [5, 5.41) is 8.75. The van der Waals surface area contributed by atoms with Crippen LogP contribution in [0.1, 0.15) is 11.1 Å². The topological polar surface area (TPSA) is 58.6 Å². The van der Waals surface area contributed by atoms with Gasteiger partial charge in [0.15, 0.2) is 12.4 Å². The van der Waals surface area contributed by atoms with Gasteiger partial charge in [0.25, 0.3) is 5.91 Å². The van der Waals surface area contributed by atoms with Gasteiger partial charge in [-0.25, -0.2) is 0 Å². The number of carbonyl (C=O) groups is 1. The minimum absolute atomic E-state index is 0.0149. The Hall–Kier alpha value is -3.41. The molecule has 0 saturated carbocycles. The van der Waals surface area contributed by atoms with Crippen LogP contribution >= 0.6 is 0 Å². The smallest absolute Gasteiger partial charge is 0.260 e. The standard InChI is InChI=1S/C24H26N4O2/c1-18-7-6-10-22(19(18)2)30-17-24(29)28-15-13-27(14-16-28)23-12-11-21(25-26-23)20-8-4-3-5-9-20/h3-12H,13-17H2,1-2H3. The Balaban J connectivity index is 1.30. The Labute approximate surface area is 177 Å². The highest BCUT2D eigenvalue weighted by atomic mass is 16.5. The first-order valence-corrected chi connectivity index (χ1v) is 10.2. The molecule has 1 amide bonds. The Kier molecular flexibility index (Phi) is 5.93. The maximum Gasteiger partial charge on any atom is 0.260 e. The van der Waals surface area contributed by atoms with Gasteiger partial charge in [0, 0.05) is 31.7 Å². The predicted molar refractivity (Wildman–Crippen MR) is 118 cm³/mol. The molecule has 1 aliphatic rings. The van der Waals surface area contributed by atoms with Crippen molar-refractivity contribution < 1.29 is 9.53 Å². The third kappa shape index (κ3) is 4.43. The number of ether oxygens (including phenoxy) is 1. The van der Waals surface area contributed by atoms with Gasteiger partial charge in [0.2, 0.25) is 0 Å². The van der Waals surface area contributed by atoms with Gasteiger partial charge in [-0.2, -0.15) is 0 Å². The Morgan fingerprint density at radius 3 is 2.37 bits per heavy atom. The first-order chi connectivity index (χ1) is 14.6. The molecule has 6 nitrogen and oxygen atoms in total. The van der Waals surface area contributed by atoms with Crippen molar-refractivity contribution >= 4 is 11.7 Å². The summed E-state index contributed by atoms with van der Waals surface area (Å²) in [4.78, 5) is 16.6. The number of hydrogen-bond donors (Lipinski definition) is 0. The number of aryl methyl sites for hydroxylation is 1. The largest absolute Gasteiger partial charge is 0.483 e. The van der Waals surface area contributed by atoms with E-state index in [-0.39, 0.29) is 12.5 Å². The number of aromatic nitrogens is 2. The fourth-order valence-corrected chi connectivity index (χ4v) is 3.55. The highest BCUT2D eigenvalue weighted by molar-refractivity contribution is 5.78. The van der Waals surface area contributed by atoms with Crippen LogP contribution in [0.25, 0.3) is 11.3 Å². The average Bonchev–Trinajstić information content (AvgIpc) is 2.81. The Morgan fingerprint density at radius 1 is 0.900 bits per heavy atom. The summed E-state index contributed by atoms with van der Waals surface area (Å²) in [5.74, 6) is 1.63. The van der Waals surface area contributed by atoms with Crippen molar-refractivity contribution in [3.05, 3.63) is 71.8 Å². The molecule has 0 unspecified atom stereocenters. The van der Waals surface area contributed by atoms with Crippen molar-refractivity contribution in [2.24, 2.45) is 0 Å². The van der Waals surface area contributed by atoms with Gasteiger partial charge in [-0.05, 0) is 43.2 Å². The number of carbonyl (C=O) groups excluding carboxylic acids is 1. The van der Waals surface area contributed by atoms with Gasteiger partial charge in [-0.1, -0.05) is 42.5 Å². The third-order valence-electron chi connectivity index (χ3n) is 5.58. The fraction of sp³-hybridized carbons (Fsp3) is 0.292. The number of hydrogen-bond acceptors (Lipinski definition) is 5. The van der Waals surface area contributed by atoms with Crippen molar-refractivity contribution in [3.63, 3.8) is 0 Å². The van der Waals surface area contributed by atoms with Gasteiger partial charge >= 0.3 is 0 Å². The normalized spacial score (nSPS) is 13.9. The Morgan fingerprint density at radius 2 is 1.67 bits per heavy atom. The van der Waals surface area contributed by atoms with Crippen molar-refractivity contribution in [2.75, 3.05) is 37.7 Å². The molecule has 1 saturated heterocycles. The lowest BCUT2D eigenvalue weighted by Crippen LogP contribution is -2.50. The highest BCUT2D eigenvalue weighted by Crippen LogP contribution is 2.21. The van der Waals surface area contributed by atoms with Gasteiger partial charge in [-0.15, -0.1) is 10.2 Å². The van der Waals surface area contributed by atoms with Crippen molar-refractivity contribution in [1.82, 2.24) is 15.1 Å². The minimum Gasteiger partial charge on any atom is -0.483 e. The van der Waals surface area contributed by atoms with Crippen LogP contribution < -0.4 is 9.64 Å². The lowest BCUT2D eigenvalue weighted by Gasteiger charge is -2.35. The molecule has 30 heavy (non-hydrogen) atoms. The summed E-state index contributed by atoms with van der Waals surface area (Å²) in [6, 6.07) is 19.9. The summed E-state index contributed by atoms with van der Waals surface area (Å²) in [7, 11) is 0. The second-order valence-corrected chi connectivity index (χ2v) is 7.50. The molecule has 154 valence electrons. The number of rotatable bonds is 5. The molecule has 1 fully saturated rings. The van der Waals surface area contributed by atoms with Crippen LogP contribution in [0.4, 0.5) is 5.82 Å². The van der Waals surface area contributed by atoms with Crippen LogP contribution in [0.3, 0.4) is 0 Å². The van der Waals surface area contributed by atoms with Gasteiger partial charge in [0.05, 0.1) is 5.69 Å². The fourth-order valence-electron chi connectivity index (χ4n) is 3.55. The van der Waals surface area contributed by atoms with Crippen molar-refractivity contribution in [1.29, 1.82) is 0 Å². The molecule has 1 aliphatic heterocycles. The van der Waals surface area contributed by atoms with E-state index in [1.54, 1.807) is 0 Å². The monoisotopic (exact) mass is 402 g/mol. The van der Waals surface area contributed by atoms with E-state index in [0.29, 0.717) is 13.1 Å². The van der Waals surface area contributed by atoms with Crippen molar-refractivity contribution in [3.8, 4) is 17.0 Å². The zero-order valence-electron chi connectivity index (χ0n) is 17.4. The molecule has 0 spiro atoms. The van der Waals surface area contributed by atoms with E-state index >= 15 is 0 Å². The van der Waals surface area contributed by atoms with Gasteiger partial charge in [0.1, 0.15) is 5.75 Å². The van der Waals surface area contributed by atoms with Crippen LogP contribution in [0.5, 0.6) is 5.75 Å². The second kappa shape index (κ2) is 8.95. The van der Waals surface area contributed by atoms with E-state index in [9.17, 15) is 4.79 Å². The van der Waals surface area contributed by atoms with E-state index in [0.717, 1.165) is 47.0 Å². The second-order valence-electron chi connectivity index (χ2n) is 7.50.